The van der Waals surface area contributed by atoms with E-state index in [4.69, 9.17) is 0 Å². The van der Waals surface area contributed by atoms with Gasteiger partial charge in [-0.3, -0.25) is 0 Å². The standard InChI is InChI=1S/C6H11Br.Zn/c7-6-4-2-1-3-5-6;/h6H,1-5H2;. The van der Waals surface area contributed by atoms with Crippen molar-refractivity contribution in [3.8, 4) is 0 Å². The van der Waals surface area contributed by atoms with Crippen LogP contribution >= 0.6 is 15.9 Å². The van der Waals surface area contributed by atoms with Crippen LogP contribution in [0.2, 0.25) is 0 Å². The van der Waals surface area contributed by atoms with Crippen LogP contribution in [0.25, 0.3) is 0 Å². The van der Waals surface area contributed by atoms with Gasteiger partial charge in [0.25, 0.3) is 0 Å². The van der Waals surface area contributed by atoms with Crippen molar-refractivity contribution in [2.24, 2.45) is 0 Å². The summed E-state index contributed by atoms with van der Waals surface area (Å²) < 4.78 is 0. The molecule has 0 radical (unpaired) electrons. The maximum atomic E-state index is 3.59. The van der Waals surface area contributed by atoms with Gasteiger partial charge in [-0.1, -0.05) is 35.2 Å². The molecule has 44 valence electrons. The third-order valence-corrected chi connectivity index (χ3v) is 2.45. The molecule has 0 unspecified atom stereocenters. The Morgan fingerprint density at radius 3 is 1.75 bits per heavy atom. The van der Waals surface area contributed by atoms with E-state index in [0.717, 1.165) is 4.83 Å². The Morgan fingerprint density at radius 2 is 1.50 bits per heavy atom. The fraction of sp³-hybridized carbons (Fsp3) is 1.00. The third-order valence-electron chi connectivity index (χ3n) is 1.53. The second-order valence-electron chi connectivity index (χ2n) is 2.24. The van der Waals surface area contributed by atoms with E-state index in [-0.39, 0.29) is 19.5 Å². The van der Waals surface area contributed by atoms with Gasteiger partial charge in [-0.05, 0) is 12.8 Å². The second-order valence-corrected chi connectivity index (χ2v) is 3.53. The Hall–Kier alpha value is 1.10. The van der Waals surface area contributed by atoms with E-state index in [2.05, 4.69) is 15.9 Å². The monoisotopic (exact) mass is 226 g/mol. The molecule has 1 fully saturated rings. The van der Waals surface area contributed by atoms with E-state index in [1.807, 2.05) is 0 Å². The minimum absolute atomic E-state index is 0. The first kappa shape index (κ1) is 9.10. The smallest absolute Gasteiger partial charge is 0.0145 e. The number of alkyl halides is 1. The van der Waals surface area contributed by atoms with Gasteiger partial charge in [0, 0.05) is 24.3 Å². The number of rotatable bonds is 0. The molecular weight excluding hydrogens is 217 g/mol. The molecule has 1 aliphatic carbocycles. The van der Waals surface area contributed by atoms with Crippen LogP contribution in [-0.4, -0.2) is 4.83 Å². The molecule has 0 N–H and O–H groups in total. The van der Waals surface area contributed by atoms with E-state index in [0.29, 0.717) is 0 Å². The molecule has 0 nitrogen and oxygen atoms in total. The van der Waals surface area contributed by atoms with E-state index in [9.17, 15) is 0 Å². The summed E-state index contributed by atoms with van der Waals surface area (Å²) in [7, 11) is 0. The van der Waals surface area contributed by atoms with Crippen LogP contribution in [0.5, 0.6) is 0 Å². The molecule has 1 rings (SSSR count). The van der Waals surface area contributed by atoms with Gasteiger partial charge >= 0.3 is 0 Å². The van der Waals surface area contributed by atoms with Crippen molar-refractivity contribution in [2.75, 3.05) is 0 Å². The summed E-state index contributed by atoms with van der Waals surface area (Å²) in [6, 6.07) is 0. The molecular formula is C6H11BrZn. The van der Waals surface area contributed by atoms with E-state index in [1.54, 1.807) is 0 Å². The van der Waals surface area contributed by atoms with Crippen molar-refractivity contribution >= 4 is 15.9 Å². The number of hydrogen-bond acceptors (Lipinski definition) is 0. The van der Waals surface area contributed by atoms with Gasteiger partial charge in [0.2, 0.25) is 0 Å². The molecule has 0 bridgehead atoms. The molecule has 1 saturated carbocycles. The molecule has 0 spiro atoms. The van der Waals surface area contributed by atoms with Gasteiger partial charge in [0.1, 0.15) is 0 Å². The third kappa shape index (κ3) is 3.19. The zero-order chi connectivity index (χ0) is 5.11. The first-order chi connectivity index (χ1) is 3.39. The first-order valence-corrected chi connectivity index (χ1v) is 3.95. The summed E-state index contributed by atoms with van der Waals surface area (Å²) in [4.78, 5) is 0.848. The van der Waals surface area contributed by atoms with Crippen LogP contribution in [-0.2, 0) is 19.5 Å². The predicted molar refractivity (Wildman–Crippen MR) is 35.8 cm³/mol. The normalized spacial score (nSPS) is 22.1. The van der Waals surface area contributed by atoms with Crippen molar-refractivity contribution in [2.45, 2.75) is 36.9 Å². The van der Waals surface area contributed by atoms with Gasteiger partial charge in [0.15, 0.2) is 0 Å². The molecule has 0 aromatic carbocycles. The molecule has 1 aliphatic rings. The topological polar surface area (TPSA) is 0 Å². The van der Waals surface area contributed by atoms with Crippen LogP contribution in [0, 0.1) is 0 Å². The van der Waals surface area contributed by atoms with Crippen molar-refractivity contribution in [1.29, 1.82) is 0 Å². The molecule has 0 saturated heterocycles. The summed E-state index contributed by atoms with van der Waals surface area (Å²) in [6.45, 7) is 0. The SMILES string of the molecule is BrC1CCCCC1.[Zn]. The molecule has 0 aromatic rings. The van der Waals surface area contributed by atoms with Crippen molar-refractivity contribution in [1.82, 2.24) is 0 Å². The zero-order valence-electron chi connectivity index (χ0n) is 5.20. The minimum atomic E-state index is 0. The van der Waals surface area contributed by atoms with E-state index < -0.39 is 0 Å². The summed E-state index contributed by atoms with van der Waals surface area (Å²) in [5.74, 6) is 0. The van der Waals surface area contributed by atoms with Gasteiger partial charge in [-0.2, -0.15) is 0 Å². The van der Waals surface area contributed by atoms with Gasteiger partial charge < -0.3 is 0 Å². The molecule has 0 aromatic heterocycles. The predicted octanol–water partition coefficient (Wildman–Crippen LogP) is 2.71. The van der Waals surface area contributed by atoms with Crippen LogP contribution in [0.15, 0.2) is 0 Å². The Kier molecular flexibility index (Phi) is 5.61. The van der Waals surface area contributed by atoms with Crippen molar-refractivity contribution in [3.63, 3.8) is 0 Å². The maximum absolute atomic E-state index is 3.59. The van der Waals surface area contributed by atoms with Gasteiger partial charge in [-0.15, -0.1) is 0 Å². The Balaban J connectivity index is 0.000000490. The number of hydrogen-bond donors (Lipinski definition) is 0. The summed E-state index contributed by atoms with van der Waals surface area (Å²) >= 11 is 3.59. The first-order valence-electron chi connectivity index (χ1n) is 3.03. The molecule has 0 aliphatic heterocycles. The van der Waals surface area contributed by atoms with Gasteiger partial charge in [-0.25, -0.2) is 0 Å². The Morgan fingerprint density at radius 1 is 1.00 bits per heavy atom. The largest absolute Gasteiger partial charge is 0.0891 e. The molecule has 8 heavy (non-hydrogen) atoms. The van der Waals surface area contributed by atoms with Crippen molar-refractivity contribution < 1.29 is 19.5 Å². The summed E-state index contributed by atoms with van der Waals surface area (Å²) in [5, 5.41) is 0. The summed E-state index contributed by atoms with van der Waals surface area (Å²) in [6.07, 6.45) is 7.15. The zero-order valence-corrected chi connectivity index (χ0v) is 9.75. The van der Waals surface area contributed by atoms with Gasteiger partial charge in [0.05, 0.1) is 0 Å². The summed E-state index contributed by atoms with van der Waals surface area (Å²) in [5.41, 5.74) is 0. The number of halogens is 1. The fourth-order valence-electron chi connectivity index (χ4n) is 1.05. The van der Waals surface area contributed by atoms with Crippen LogP contribution in [0.3, 0.4) is 0 Å². The molecule has 0 amide bonds. The van der Waals surface area contributed by atoms with Crippen LogP contribution < -0.4 is 0 Å². The fourth-order valence-corrected chi connectivity index (χ4v) is 1.70. The maximum Gasteiger partial charge on any atom is 0.0145 e. The van der Waals surface area contributed by atoms with Crippen molar-refractivity contribution in [3.05, 3.63) is 0 Å². The quantitative estimate of drug-likeness (QED) is 0.442. The van der Waals surface area contributed by atoms with E-state index in [1.165, 1.54) is 32.1 Å². The average molecular weight is 228 g/mol. The van der Waals surface area contributed by atoms with E-state index >= 15 is 0 Å². The second kappa shape index (κ2) is 4.93. The Bertz CT molecular complexity index is 50.5. The molecule has 2 heteroatoms. The molecule has 0 atom stereocenters. The average Bonchev–Trinajstić information content (AvgIpc) is 1.69. The Labute approximate surface area is 72.3 Å². The van der Waals surface area contributed by atoms with Crippen LogP contribution in [0.4, 0.5) is 0 Å². The van der Waals surface area contributed by atoms with Crippen LogP contribution in [0.1, 0.15) is 32.1 Å². The molecule has 0 heterocycles. The minimum Gasteiger partial charge on any atom is -0.0891 e.